The molecule has 3 heterocycles. The molecule has 148 valence electrons. The standard InChI is InChI=1S/C21H18BrN3O3S/c22-14-4-1-5-16(12-14)28-19-9-8-15(13-23-19)24-20(26)17-6-2-10-25(17)21(27)18-7-3-11-29-18/h1,3-5,7-9,11-13,17H,2,6,10H2,(H,24,26)/t17-/m0/s1. The number of likely N-dealkylation sites (tertiary alicyclic amines) is 1. The Kier molecular flexibility index (Phi) is 5.92. The highest BCUT2D eigenvalue weighted by Gasteiger charge is 2.34. The molecule has 0 aliphatic carbocycles. The van der Waals surface area contributed by atoms with E-state index in [1.165, 1.54) is 11.3 Å². The van der Waals surface area contributed by atoms with Gasteiger partial charge in [-0.2, -0.15) is 0 Å². The second-order valence-corrected chi connectivity index (χ2v) is 8.43. The maximum Gasteiger partial charge on any atom is 0.264 e. The number of nitrogens with one attached hydrogen (secondary N) is 1. The summed E-state index contributed by atoms with van der Waals surface area (Å²) < 4.78 is 6.62. The van der Waals surface area contributed by atoms with E-state index in [1.807, 2.05) is 35.7 Å². The SMILES string of the molecule is O=C(Nc1ccc(Oc2cccc(Br)c2)nc1)[C@@H]1CCCN1C(=O)c1cccs1. The highest BCUT2D eigenvalue weighted by molar-refractivity contribution is 9.10. The van der Waals surface area contributed by atoms with Crippen molar-refractivity contribution in [3.63, 3.8) is 0 Å². The normalized spacial score (nSPS) is 15.9. The molecule has 6 nitrogen and oxygen atoms in total. The summed E-state index contributed by atoms with van der Waals surface area (Å²) in [4.78, 5) is 31.9. The molecule has 0 radical (unpaired) electrons. The average Bonchev–Trinajstić information content (AvgIpc) is 3.41. The summed E-state index contributed by atoms with van der Waals surface area (Å²) in [6, 6.07) is 14.0. The molecule has 0 bridgehead atoms. The highest BCUT2D eigenvalue weighted by atomic mass is 79.9. The summed E-state index contributed by atoms with van der Waals surface area (Å²) in [7, 11) is 0. The first-order valence-electron chi connectivity index (χ1n) is 9.15. The molecule has 0 saturated carbocycles. The quantitative estimate of drug-likeness (QED) is 0.571. The maximum absolute atomic E-state index is 12.7. The van der Waals surface area contributed by atoms with Gasteiger partial charge in [0, 0.05) is 17.1 Å². The van der Waals surface area contributed by atoms with E-state index in [1.54, 1.807) is 29.3 Å². The third-order valence-corrected chi connectivity index (χ3v) is 5.92. The molecule has 1 atom stereocenters. The van der Waals surface area contributed by atoms with Crippen molar-refractivity contribution in [2.24, 2.45) is 0 Å². The molecule has 1 saturated heterocycles. The molecule has 4 rings (SSSR count). The third-order valence-electron chi connectivity index (χ3n) is 4.57. The van der Waals surface area contributed by atoms with Gasteiger partial charge in [-0.25, -0.2) is 4.98 Å². The Morgan fingerprint density at radius 2 is 2.10 bits per heavy atom. The van der Waals surface area contributed by atoms with Crippen molar-refractivity contribution in [3.8, 4) is 11.6 Å². The first-order valence-corrected chi connectivity index (χ1v) is 10.8. The third kappa shape index (κ3) is 4.65. The number of amides is 2. The second-order valence-electron chi connectivity index (χ2n) is 6.57. The van der Waals surface area contributed by atoms with Gasteiger partial charge in [-0.1, -0.05) is 28.1 Å². The van der Waals surface area contributed by atoms with Gasteiger partial charge in [0.2, 0.25) is 11.8 Å². The van der Waals surface area contributed by atoms with E-state index < -0.39 is 6.04 Å². The van der Waals surface area contributed by atoms with Gasteiger partial charge in [0.15, 0.2) is 0 Å². The van der Waals surface area contributed by atoms with Gasteiger partial charge in [0.25, 0.3) is 5.91 Å². The van der Waals surface area contributed by atoms with Gasteiger partial charge < -0.3 is 15.0 Å². The number of halogens is 1. The number of aromatic nitrogens is 1. The fraction of sp³-hybridized carbons (Fsp3) is 0.190. The van der Waals surface area contributed by atoms with Crippen molar-refractivity contribution < 1.29 is 14.3 Å². The molecule has 1 fully saturated rings. The Labute approximate surface area is 180 Å². The van der Waals surface area contributed by atoms with Gasteiger partial charge in [0.05, 0.1) is 16.8 Å². The molecule has 29 heavy (non-hydrogen) atoms. The van der Waals surface area contributed by atoms with Gasteiger partial charge in [-0.3, -0.25) is 9.59 Å². The van der Waals surface area contributed by atoms with Crippen LogP contribution in [0.25, 0.3) is 0 Å². The summed E-state index contributed by atoms with van der Waals surface area (Å²) in [5.74, 6) is 0.803. The van der Waals surface area contributed by atoms with Crippen LogP contribution in [0.5, 0.6) is 11.6 Å². The number of hydrogen-bond acceptors (Lipinski definition) is 5. The van der Waals surface area contributed by atoms with Crippen molar-refractivity contribution in [1.29, 1.82) is 0 Å². The van der Waals surface area contributed by atoms with Crippen LogP contribution in [0.15, 0.2) is 64.6 Å². The number of thiophene rings is 1. The van der Waals surface area contributed by atoms with Crippen LogP contribution in [-0.4, -0.2) is 34.3 Å². The lowest BCUT2D eigenvalue weighted by molar-refractivity contribution is -0.119. The molecule has 1 aliphatic rings. The molecule has 0 spiro atoms. The predicted molar refractivity (Wildman–Crippen MR) is 115 cm³/mol. The number of pyridine rings is 1. The Balaban J connectivity index is 1.39. The smallest absolute Gasteiger partial charge is 0.264 e. The zero-order valence-electron chi connectivity index (χ0n) is 15.4. The molecule has 1 aliphatic heterocycles. The van der Waals surface area contributed by atoms with Crippen LogP contribution in [0.1, 0.15) is 22.5 Å². The van der Waals surface area contributed by atoms with Crippen LogP contribution < -0.4 is 10.1 Å². The minimum Gasteiger partial charge on any atom is -0.439 e. The summed E-state index contributed by atoms with van der Waals surface area (Å²) in [5.41, 5.74) is 0.562. The fourth-order valence-corrected chi connectivity index (χ4v) is 4.27. The van der Waals surface area contributed by atoms with Crippen molar-refractivity contribution in [2.45, 2.75) is 18.9 Å². The summed E-state index contributed by atoms with van der Waals surface area (Å²) in [6.45, 7) is 0.590. The second kappa shape index (κ2) is 8.75. The number of hydrogen-bond donors (Lipinski definition) is 1. The van der Waals surface area contributed by atoms with E-state index in [0.29, 0.717) is 35.2 Å². The van der Waals surface area contributed by atoms with Crippen LogP contribution in [0.4, 0.5) is 5.69 Å². The minimum atomic E-state index is -0.470. The van der Waals surface area contributed by atoms with Crippen LogP contribution in [0.2, 0.25) is 0 Å². The van der Waals surface area contributed by atoms with E-state index in [9.17, 15) is 9.59 Å². The Hall–Kier alpha value is -2.71. The fourth-order valence-electron chi connectivity index (χ4n) is 3.22. The summed E-state index contributed by atoms with van der Waals surface area (Å²) >= 11 is 4.79. The van der Waals surface area contributed by atoms with Crippen LogP contribution in [-0.2, 0) is 4.79 Å². The van der Waals surface area contributed by atoms with Gasteiger partial charge in [-0.05, 0) is 48.6 Å². The largest absolute Gasteiger partial charge is 0.439 e. The number of anilines is 1. The first kappa shape index (κ1) is 19.6. The molecule has 2 aromatic heterocycles. The van der Waals surface area contributed by atoms with Crippen molar-refractivity contribution in [1.82, 2.24) is 9.88 Å². The van der Waals surface area contributed by atoms with Crippen LogP contribution >= 0.6 is 27.3 Å². The molecule has 2 amide bonds. The van der Waals surface area contributed by atoms with Crippen LogP contribution in [0, 0.1) is 0 Å². The number of benzene rings is 1. The lowest BCUT2D eigenvalue weighted by Crippen LogP contribution is -2.42. The first-order chi connectivity index (χ1) is 14.1. The predicted octanol–water partition coefficient (Wildman–Crippen LogP) is 4.94. The summed E-state index contributed by atoms with van der Waals surface area (Å²) in [6.07, 6.45) is 3.01. The van der Waals surface area contributed by atoms with E-state index >= 15 is 0 Å². The number of carbonyl (C=O) groups excluding carboxylic acids is 2. The van der Waals surface area contributed by atoms with Crippen molar-refractivity contribution >= 4 is 44.8 Å². The Bertz CT molecular complexity index is 1010. The Morgan fingerprint density at radius 1 is 1.21 bits per heavy atom. The molecule has 1 aromatic carbocycles. The topological polar surface area (TPSA) is 71.5 Å². The number of carbonyl (C=O) groups is 2. The molecular weight excluding hydrogens is 454 g/mol. The highest BCUT2D eigenvalue weighted by Crippen LogP contribution is 2.25. The molecular formula is C21H18BrN3O3S. The number of ether oxygens (including phenoxy) is 1. The van der Waals surface area contributed by atoms with Gasteiger partial charge in [0.1, 0.15) is 11.8 Å². The monoisotopic (exact) mass is 471 g/mol. The molecule has 3 aromatic rings. The average molecular weight is 472 g/mol. The summed E-state index contributed by atoms with van der Waals surface area (Å²) in [5, 5.41) is 4.72. The molecule has 8 heteroatoms. The number of nitrogens with zero attached hydrogens (tertiary/aromatic N) is 2. The maximum atomic E-state index is 12.7. The lowest BCUT2D eigenvalue weighted by atomic mass is 10.2. The molecule has 0 unspecified atom stereocenters. The van der Waals surface area contributed by atoms with Crippen molar-refractivity contribution in [2.75, 3.05) is 11.9 Å². The van der Waals surface area contributed by atoms with Crippen molar-refractivity contribution in [3.05, 3.63) is 69.5 Å². The van der Waals surface area contributed by atoms with E-state index in [0.717, 1.165) is 10.9 Å². The number of rotatable bonds is 5. The van der Waals surface area contributed by atoms with Crippen LogP contribution in [0.3, 0.4) is 0 Å². The van der Waals surface area contributed by atoms with E-state index in [2.05, 4.69) is 26.2 Å². The van der Waals surface area contributed by atoms with Gasteiger partial charge in [-0.15, -0.1) is 11.3 Å². The lowest BCUT2D eigenvalue weighted by Gasteiger charge is -2.23. The molecule has 1 N–H and O–H groups in total. The zero-order chi connectivity index (χ0) is 20.2. The zero-order valence-corrected chi connectivity index (χ0v) is 17.8. The van der Waals surface area contributed by atoms with Gasteiger partial charge >= 0.3 is 0 Å². The van der Waals surface area contributed by atoms with E-state index in [4.69, 9.17) is 4.74 Å². The minimum absolute atomic E-state index is 0.0893. The Morgan fingerprint density at radius 3 is 2.83 bits per heavy atom. The van der Waals surface area contributed by atoms with E-state index in [-0.39, 0.29) is 11.8 Å².